The number of carbonyl (C=O) groups excluding carboxylic acids is 1. The number of hydrogen-bond acceptors (Lipinski definition) is 4. The summed E-state index contributed by atoms with van der Waals surface area (Å²) in [5.41, 5.74) is 0.316. The van der Waals surface area contributed by atoms with E-state index in [1.165, 1.54) is 16.4 Å². The van der Waals surface area contributed by atoms with Crippen LogP contribution in [0.25, 0.3) is 0 Å². The first-order valence-corrected chi connectivity index (χ1v) is 8.99. The lowest BCUT2D eigenvalue weighted by Gasteiger charge is -2.26. The Kier molecular flexibility index (Phi) is 5.93. The summed E-state index contributed by atoms with van der Waals surface area (Å²) in [7, 11) is -3.53. The van der Waals surface area contributed by atoms with Gasteiger partial charge in [-0.05, 0) is 37.5 Å². The second-order valence-corrected chi connectivity index (χ2v) is 7.26. The van der Waals surface area contributed by atoms with E-state index in [4.69, 9.17) is 5.11 Å². The van der Waals surface area contributed by atoms with Gasteiger partial charge in [0.1, 0.15) is 0 Å². The number of aliphatic hydroxyl groups excluding tert-OH is 1. The van der Waals surface area contributed by atoms with Gasteiger partial charge in [0.15, 0.2) is 0 Å². The minimum Gasteiger partial charge on any atom is -0.396 e. The number of carbonyl (C=O) groups is 1. The van der Waals surface area contributed by atoms with Gasteiger partial charge in [0, 0.05) is 31.8 Å². The number of nitrogens with one attached hydrogen (secondary N) is 1. The third-order valence-electron chi connectivity index (χ3n) is 3.67. The molecule has 1 aromatic carbocycles. The standard InChI is InChI=1S/C15H22N2O4S/c18-11-5-8-16-15(19)13-6-4-7-14(12-13)22(20,21)17-9-2-1-3-10-17/h4,6-7,12,18H,1-3,5,8-11H2,(H,16,19). The van der Waals surface area contributed by atoms with E-state index in [1.807, 2.05) is 0 Å². The zero-order valence-corrected chi connectivity index (χ0v) is 13.3. The van der Waals surface area contributed by atoms with Gasteiger partial charge in [-0.3, -0.25) is 4.79 Å². The maximum atomic E-state index is 12.6. The molecular weight excluding hydrogens is 304 g/mol. The van der Waals surface area contributed by atoms with Crippen molar-refractivity contribution in [1.29, 1.82) is 0 Å². The molecule has 1 fully saturated rings. The van der Waals surface area contributed by atoms with Gasteiger partial charge in [0.2, 0.25) is 10.0 Å². The Balaban J connectivity index is 2.15. The van der Waals surface area contributed by atoms with Crippen LogP contribution >= 0.6 is 0 Å². The predicted octanol–water partition coefficient (Wildman–Crippen LogP) is 0.973. The molecule has 0 aliphatic carbocycles. The van der Waals surface area contributed by atoms with Crippen LogP contribution in [0.3, 0.4) is 0 Å². The van der Waals surface area contributed by atoms with Crippen LogP contribution in [0.4, 0.5) is 0 Å². The van der Waals surface area contributed by atoms with Gasteiger partial charge in [0.05, 0.1) is 4.90 Å². The smallest absolute Gasteiger partial charge is 0.251 e. The molecule has 0 aromatic heterocycles. The molecule has 2 rings (SSSR count). The van der Waals surface area contributed by atoms with E-state index in [0.717, 1.165) is 19.3 Å². The lowest BCUT2D eigenvalue weighted by atomic mass is 10.2. The largest absolute Gasteiger partial charge is 0.396 e. The normalized spacial score (nSPS) is 16.4. The molecule has 0 atom stereocenters. The van der Waals surface area contributed by atoms with Crippen LogP contribution in [0.5, 0.6) is 0 Å². The van der Waals surface area contributed by atoms with Gasteiger partial charge in [-0.15, -0.1) is 0 Å². The monoisotopic (exact) mass is 326 g/mol. The third kappa shape index (κ3) is 4.06. The highest BCUT2D eigenvalue weighted by Gasteiger charge is 2.26. The number of piperidine rings is 1. The fourth-order valence-electron chi connectivity index (χ4n) is 2.44. The number of benzene rings is 1. The van der Waals surface area contributed by atoms with E-state index in [1.54, 1.807) is 12.1 Å². The fourth-order valence-corrected chi connectivity index (χ4v) is 4.00. The molecular formula is C15H22N2O4S. The van der Waals surface area contributed by atoms with Crippen molar-refractivity contribution in [3.63, 3.8) is 0 Å². The Morgan fingerprint density at radius 2 is 1.95 bits per heavy atom. The van der Waals surface area contributed by atoms with Crippen LogP contribution in [0.15, 0.2) is 29.2 Å². The molecule has 0 radical (unpaired) electrons. The van der Waals surface area contributed by atoms with Crippen molar-refractivity contribution in [2.45, 2.75) is 30.6 Å². The first-order chi connectivity index (χ1) is 10.6. The second kappa shape index (κ2) is 7.71. The highest BCUT2D eigenvalue weighted by molar-refractivity contribution is 7.89. The van der Waals surface area contributed by atoms with Crippen LogP contribution in [0, 0.1) is 0 Å². The third-order valence-corrected chi connectivity index (χ3v) is 5.56. The molecule has 0 saturated carbocycles. The molecule has 1 aliphatic rings. The summed E-state index contributed by atoms with van der Waals surface area (Å²) in [4.78, 5) is 12.1. The summed E-state index contributed by atoms with van der Waals surface area (Å²) in [6.07, 6.45) is 3.28. The van der Waals surface area contributed by atoms with E-state index in [0.29, 0.717) is 31.6 Å². The lowest BCUT2D eigenvalue weighted by Crippen LogP contribution is -2.35. The molecule has 122 valence electrons. The van der Waals surface area contributed by atoms with E-state index >= 15 is 0 Å². The Morgan fingerprint density at radius 3 is 2.64 bits per heavy atom. The van der Waals surface area contributed by atoms with Crippen molar-refractivity contribution < 1.29 is 18.3 Å². The molecule has 7 heteroatoms. The summed E-state index contributed by atoms with van der Waals surface area (Å²) in [5.74, 6) is -0.329. The van der Waals surface area contributed by atoms with Gasteiger partial charge in [0.25, 0.3) is 5.91 Å². The molecule has 1 amide bonds. The van der Waals surface area contributed by atoms with Gasteiger partial charge in [-0.25, -0.2) is 8.42 Å². The second-order valence-electron chi connectivity index (χ2n) is 5.33. The number of hydrogen-bond donors (Lipinski definition) is 2. The number of sulfonamides is 1. The van der Waals surface area contributed by atoms with Crippen molar-refractivity contribution >= 4 is 15.9 Å². The Hall–Kier alpha value is -1.44. The number of rotatable bonds is 6. The Labute approximate surface area is 131 Å². The van der Waals surface area contributed by atoms with Crippen molar-refractivity contribution in [3.8, 4) is 0 Å². The SMILES string of the molecule is O=C(NCCCO)c1cccc(S(=O)(=O)N2CCCCC2)c1. The zero-order chi connectivity index (χ0) is 16.0. The van der Waals surface area contributed by atoms with Crippen LogP contribution in [0.1, 0.15) is 36.0 Å². The number of amides is 1. The first-order valence-electron chi connectivity index (χ1n) is 7.55. The zero-order valence-electron chi connectivity index (χ0n) is 12.5. The lowest BCUT2D eigenvalue weighted by molar-refractivity contribution is 0.0951. The summed E-state index contributed by atoms with van der Waals surface area (Å²) in [6, 6.07) is 6.11. The van der Waals surface area contributed by atoms with Gasteiger partial charge < -0.3 is 10.4 Å². The number of nitrogens with zero attached hydrogens (tertiary/aromatic N) is 1. The van der Waals surface area contributed by atoms with Crippen molar-refractivity contribution in [2.24, 2.45) is 0 Å². The topological polar surface area (TPSA) is 86.7 Å². The highest BCUT2D eigenvalue weighted by Crippen LogP contribution is 2.21. The quantitative estimate of drug-likeness (QED) is 0.763. The first kappa shape index (κ1) is 16.9. The molecule has 1 saturated heterocycles. The molecule has 0 bridgehead atoms. The molecule has 1 heterocycles. The minimum atomic E-state index is -3.53. The van der Waals surface area contributed by atoms with Crippen molar-refractivity contribution in [3.05, 3.63) is 29.8 Å². The molecule has 22 heavy (non-hydrogen) atoms. The molecule has 1 aromatic rings. The number of aliphatic hydroxyl groups is 1. The predicted molar refractivity (Wildman–Crippen MR) is 83.1 cm³/mol. The summed E-state index contributed by atoms with van der Waals surface area (Å²) < 4.78 is 26.7. The van der Waals surface area contributed by atoms with Gasteiger partial charge >= 0.3 is 0 Å². The van der Waals surface area contributed by atoms with Gasteiger partial charge in [-0.1, -0.05) is 12.5 Å². The molecule has 1 aliphatic heterocycles. The summed E-state index contributed by atoms with van der Waals surface area (Å²) in [5, 5.41) is 11.4. The molecule has 0 spiro atoms. The van der Waals surface area contributed by atoms with E-state index in [9.17, 15) is 13.2 Å². The van der Waals surface area contributed by atoms with E-state index < -0.39 is 10.0 Å². The molecule has 6 nitrogen and oxygen atoms in total. The maximum absolute atomic E-state index is 12.6. The van der Waals surface area contributed by atoms with Crippen LogP contribution in [-0.4, -0.2) is 50.0 Å². The van der Waals surface area contributed by atoms with Crippen LogP contribution in [0.2, 0.25) is 0 Å². The van der Waals surface area contributed by atoms with E-state index in [2.05, 4.69) is 5.32 Å². The molecule has 0 unspecified atom stereocenters. The van der Waals surface area contributed by atoms with Crippen molar-refractivity contribution in [1.82, 2.24) is 9.62 Å². The minimum absolute atomic E-state index is 0.00363. The maximum Gasteiger partial charge on any atom is 0.251 e. The fraction of sp³-hybridized carbons (Fsp3) is 0.533. The average Bonchev–Trinajstić information content (AvgIpc) is 2.56. The average molecular weight is 326 g/mol. The van der Waals surface area contributed by atoms with E-state index in [-0.39, 0.29) is 17.4 Å². The highest BCUT2D eigenvalue weighted by atomic mass is 32.2. The summed E-state index contributed by atoms with van der Waals surface area (Å²) in [6.45, 7) is 1.44. The van der Waals surface area contributed by atoms with Gasteiger partial charge in [-0.2, -0.15) is 4.31 Å². The Bertz CT molecular complexity index is 610. The van der Waals surface area contributed by atoms with Crippen molar-refractivity contribution in [2.75, 3.05) is 26.2 Å². The summed E-state index contributed by atoms with van der Waals surface area (Å²) >= 11 is 0. The van der Waals surface area contributed by atoms with Crippen LogP contribution < -0.4 is 5.32 Å². The molecule has 2 N–H and O–H groups in total. The Morgan fingerprint density at radius 1 is 1.23 bits per heavy atom. The van der Waals surface area contributed by atoms with Crippen LogP contribution in [-0.2, 0) is 10.0 Å².